The van der Waals surface area contributed by atoms with E-state index in [-0.39, 0.29) is 0 Å². The van der Waals surface area contributed by atoms with Gasteiger partial charge in [0.1, 0.15) is 0 Å². The maximum atomic E-state index is 6.45. The van der Waals surface area contributed by atoms with Crippen LogP contribution in [-0.4, -0.2) is 10.1 Å². The molecular formula is C12H23N3O. The van der Waals surface area contributed by atoms with Crippen LogP contribution in [0.3, 0.4) is 0 Å². The van der Waals surface area contributed by atoms with Gasteiger partial charge in [-0.3, -0.25) is 0 Å². The van der Waals surface area contributed by atoms with E-state index >= 15 is 0 Å². The molecule has 0 aromatic carbocycles. The number of aromatic nitrogens is 2. The second kappa shape index (κ2) is 4.95. The predicted molar refractivity (Wildman–Crippen MR) is 63.8 cm³/mol. The SMILES string of the molecule is Cc1nc(C(N)(CC(C)C)CC(C)C)no1. The lowest BCUT2D eigenvalue weighted by Crippen LogP contribution is -2.40. The third-order valence-corrected chi connectivity index (χ3v) is 2.52. The topological polar surface area (TPSA) is 64.9 Å². The van der Waals surface area contributed by atoms with Gasteiger partial charge in [-0.15, -0.1) is 0 Å². The van der Waals surface area contributed by atoms with Crippen LogP contribution in [0.15, 0.2) is 4.52 Å². The summed E-state index contributed by atoms with van der Waals surface area (Å²) in [4.78, 5) is 4.29. The molecule has 4 heteroatoms. The molecule has 0 fully saturated rings. The van der Waals surface area contributed by atoms with Gasteiger partial charge >= 0.3 is 0 Å². The first-order valence-electron chi connectivity index (χ1n) is 5.93. The highest BCUT2D eigenvalue weighted by Crippen LogP contribution is 2.30. The first kappa shape index (κ1) is 13.2. The molecule has 0 unspecified atom stereocenters. The Labute approximate surface area is 97.6 Å². The van der Waals surface area contributed by atoms with Crippen molar-refractivity contribution < 1.29 is 4.52 Å². The van der Waals surface area contributed by atoms with Crippen molar-refractivity contribution >= 4 is 0 Å². The Kier molecular flexibility index (Phi) is 4.08. The highest BCUT2D eigenvalue weighted by molar-refractivity contribution is 5.04. The fourth-order valence-electron chi connectivity index (χ4n) is 2.22. The standard InChI is InChI=1S/C12H23N3O/c1-8(2)6-12(13,7-9(3)4)11-14-10(5)16-15-11/h8-9H,6-7,13H2,1-5H3. The lowest BCUT2D eigenvalue weighted by molar-refractivity contribution is 0.263. The fraction of sp³-hybridized carbons (Fsp3) is 0.833. The first-order chi connectivity index (χ1) is 7.33. The number of nitrogens with two attached hydrogens (primary N) is 1. The number of hydrogen-bond acceptors (Lipinski definition) is 4. The van der Waals surface area contributed by atoms with Crippen molar-refractivity contribution in [2.75, 3.05) is 0 Å². The van der Waals surface area contributed by atoms with Crippen LogP contribution >= 0.6 is 0 Å². The van der Waals surface area contributed by atoms with E-state index < -0.39 is 5.54 Å². The van der Waals surface area contributed by atoms with Crippen LogP contribution in [0.5, 0.6) is 0 Å². The normalized spacial score (nSPS) is 12.8. The van der Waals surface area contributed by atoms with Crippen LogP contribution in [0.2, 0.25) is 0 Å². The number of hydrogen-bond donors (Lipinski definition) is 1. The Balaban J connectivity index is 2.94. The van der Waals surface area contributed by atoms with Gasteiger partial charge in [-0.25, -0.2) is 0 Å². The van der Waals surface area contributed by atoms with Gasteiger partial charge in [0.25, 0.3) is 0 Å². The van der Waals surface area contributed by atoms with Crippen LogP contribution in [0, 0.1) is 18.8 Å². The van der Waals surface area contributed by atoms with Gasteiger partial charge in [-0.05, 0) is 24.7 Å². The second-order valence-corrected chi connectivity index (χ2v) is 5.49. The molecule has 0 aliphatic carbocycles. The minimum Gasteiger partial charge on any atom is -0.340 e. The monoisotopic (exact) mass is 225 g/mol. The summed E-state index contributed by atoms with van der Waals surface area (Å²) in [6.07, 6.45) is 1.76. The van der Waals surface area contributed by atoms with E-state index in [2.05, 4.69) is 37.8 Å². The van der Waals surface area contributed by atoms with E-state index in [1.807, 2.05) is 0 Å². The summed E-state index contributed by atoms with van der Waals surface area (Å²) in [6, 6.07) is 0. The molecule has 1 aromatic heterocycles. The molecule has 0 spiro atoms. The van der Waals surface area contributed by atoms with Gasteiger partial charge in [0.05, 0.1) is 5.54 Å². The molecule has 0 bridgehead atoms. The van der Waals surface area contributed by atoms with Crippen molar-refractivity contribution in [1.82, 2.24) is 10.1 Å². The summed E-state index contributed by atoms with van der Waals surface area (Å²) in [7, 11) is 0. The minimum atomic E-state index is -0.458. The van der Waals surface area contributed by atoms with Crippen LogP contribution in [-0.2, 0) is 5.54 Å². The van der Waals surface area contributed by atoms with E-state index in [9.17, 15) is 0 Å². The molecule has 2 N–H and O–H groups in total. The number of nitrogens with zero attached hydrogens (tertiary/aromatic N) is 2. The summed E-state index contributed by atoms with van der Waals surface area (Å²) >= 11 is 0. The average Bonchev–Trinajstić information content (AvgIpc) is 2.48. The highest BCUT2D eigenvalue weighted by Gasteiger charge is 2.33. The van der Waals surface area contributed by atoms with Crippen LogP contribution in [0.1, 0.15) is 52.3 Å². The number of rotatable bonds is 5. The minimum absolute atomic E-state index is 0.458. The summed E-state index contributed by atoms with van der Waals surface area (Å²) in [6.45, 7) is 10.4. The molecule has 0 radical (unpaired) electrons. The van der Waals surface area contributed by atoms with E-state index in [4.69, 9.17) is 10.3 Å². The molecule has 0 saturated heterocycles. The van der Waals surface area contributed by atoms with Gasteiger partial charge in [-0.2, -0.15) is 4.98 Å². The Hall–Kier alpha value is -0.900. The van der Waals surface area contributed by atoms with Gasteiger partial charge in [-0.1, -0.05) is 32.9 Å². The maximum absolute atomic E-state index is 6.45. The third kappa shape index (κ3) is 3.30. The average molecular weight is 225 g/mol. The molecule has 92 valence electrons. The largest absolute Gasteiger partial charge is 0.340 e. The molecule has 1 heterocycles. The van der Waals surface area contributed by atoms with Crippen LogP contribution in [0.4, 0.5) is 0 Å². The first-order valence-corrected chi connectivity index (χ1v) is 5.93. The Bertz CT molecular complexity index is 321. The van der Waals surface area contributed by atoms with Crippen LogP contribution < -0.4 is 5.73 Å². The molecule has 4 nitrogen and oxygen atoms in total. The van der Waals surface area contributed by atoms with Crippen molar-refractivity contribution in [3.05, 3.63) is 11.7 Å². The second-order valence-electron chi connectivity index (χ2n) is 5.49. The van der Waals surface area contributed by atoms with Crippen molar-refractivity contribution in [3.63, 3.8) is 0 Å². The Morgan fingerprint density at radius 2 is 1.69 bits per heavy atom. The summed E-state index contributed by atoms with van der Waals surface area (Å²) in [5.41, 5.74) is 5.99. The zero-order valence-electron chi connectivity index (χ0n) is 10.9. The lowest BCUT2D eigenvalue weighted by atomic mass is 9.82. The highest BCUT2D eigenvalue weighted by atomic mass is 16.5. The molecular weight excluding hydrogens is 202 g/mol. The van der Waals surface area contributed by atoms with E-state index in [0.29, 0.717) is 23.6 Å². The molecule has 0 amide bonds. The zero-order valence-corrected chi connectivity index (χ0v) is 10.9. The molecule has 0 saturated carbocycles. The predicted octanol–water partition coefficient (Wildman–Crippen LogP) is 2.62. The van der Waals surface area contributed by atoms with Gasteiger partial charge < -0.3 is 10.3 Å². The van der Waals surface area contributed by atoms with E-state index in [1.54, 1.807) is 6.92 Å². The van der Waals surface area contributed by atoms with Crippen molar-refractivity contribution in [2.45, 2.75) is 53.0 Å². The zero-order chi connectivity index (χ0) is 12.3. The van der Waals surface area contributed by atoms with Gasteiger partial charge in [0.15, 0.2) is 5.82 Å². The van der Waals surface area contributed by atoms with Crippen molar-refractivity contribution in [1.29, 1.82) is 0 Å². The van der Waals surface area contributed by atoms with Gasteiger partial charge in [0, 0.05) is 6.92 Å². The molecule has 16 heavy (non-hydrogen) atoms. The summed E-state index contributed by atoms with van der Waals surface area (Å²) in [5.74, 6) is 2.26. The Morgan fingerprint density at radius 1 is 1.19 bits per heavy atom. The van der Waals surface area contributed by atoms with Gasteiger partial charge in [0.2, 0.25) is 5.89 Å². The Morgan fingerprint density at radius 3 is 2.00 bits per heavy atom. The summed E-state index contributed by atoms with van der Waals surface area (Å²) in [5, 5.41) is 3.98. The molecule has 0 aliphatic rings. The van der Waals surface area contributed by atoms with E-state index in [1.165, 1.54) is 0 Å². The molecule has 0 atom stereocenters. The van der Waals surface area contributed by atoms with Crippen LogP contribution in [0.25, 0.3) is 0 Å². The number of aryl methyl sites for hydroxylation is 1. The quantitative estimate of drug-likeness (QED) is 0.836. The smallest absolute Gasteiger partial charge is 0.223 e. The van der Waals surface area contributed by atoms with E-state index in [0.717, 1.165) is 12.8 Å². The fourth-order valence-corrected chi connectivity index (χ4v) is 2.22. The molecule has 0 aliphatic heterocycles. The molecule has 1 aromatic rings. The summed E-state index contributed by atoms with van der Waals surface area (Å²) < 4.78 is 5.03. The third-order valence-electron chi connectivity index (χ3n) is 2.52. The van der Waals surface area contributed by atoms with Crippen molar-refractivity contribution in [2.24, 2.45) is 17.6 Å². The molecule has 1 rings (SSSR count). The maximum Gasteiger partial charge on any atom is 0.223 e. The van der Waals surface area contributed by atoms with Crippen molar-refractivity contribution in [3.8, 4) is 0 Å². The lowest BCUT2D eigenvalue weighted by Gasteiger charge is -2.29.